The van der Waals surface area contributed by atoms with Gasteiger partial charge in [0.15, 0.2) is 11.6 Å². The summed E-state index contributed by atoms with van der Waals surface area (Å²) in [6.45, 7) is 1.98. The van der Waals surface area contributed by atoms with Gasteiger partial charge in [-0.1, -0.05) is 29.8 Å². The van der Waals surface area contributed by atoms with E-state index in [0.29, 0.717) is 28.8 Å². The predicted octanol–water partition coefficient (Wildman–Crippen LogP) is 3.86. The number of carbonyl (C=O) groups is 3. The van der Waals surface area contributed by atoms with Crippen molar-refractivity contribution in [3.8, 4) is 0 Å². The molecule has 0 radical (unpaired) electrons. The Hall–Kier alpha value is -1.86. The minimum atomic E-state index is -0.795. The molecule has 2 aliphatic heterocycles. The minimum Gasteiger partial charge on any atom is -0.380 e. The van der Waals surface area contributed by atoms with Gasteiger partial charge in [0.2, 0.25) is 0 Å². The van der Waals surface area contributed by atoms with Crippen molar-refractivity contribution in [3.63, 3.8) is 0 Å². The first-order valence-corrected chi connectivity index (χ1v) is 11.3. The summed E-state index contributed by atoms with van der Waals surface area (Å²) >= 11 is 7.20. The first-order chi connectivity index (χ1) is 14.4. The average Bonchev–Trinajstić information content (AvgIpc) is 3.33. The Bertz CT molecular complexity index is 993. The van der Waals surface area contributed by atoms with Gasteiger partial charge < -0.3 is 4.74 Å². The molecule has 2 aromatic rings. The average molecular weight is 446 g/mol. The number of halogens is 1. The number of Topliss-reactive ketones (excluding diaryl/α,β-unsaturated/α-hetero) is 3. The summed E-state index contributed by atoms with van der Waals surface area (Å²) in [6.07, 6.45) is 1.70. The predicted molar refractivity (Wildman–Crippen MR) is 117 cm³/mol. The van der Waals surface area contributed by atoms with E-state index in [4.69, 9.17) is 16.3 Å². The highest BCUT2D eigenvalue weighted by Crippen LogP contribution is 2.37. The molecular formula is C23H24ClNO4S. The smallest absolute Gasteiger partial charge is 0.177 e. The molecule has 5 nitrogen and oxygen atoms in total. The fourth-order valence-corrected chi connectivity index (χ4v) is 5.23. The standard InChI is InChI=1S/C23H24ClNO4S/c1-25-8-6-16-10-15(2-3-17(16)19(27)13-25)11-21(28)23(7-9-29-14-23)12-18(26)20-4-5-22(24)30-20/h2-5,10H,6-9,11-14H2,1H3. The van der Waals surface area contributed by atoms with Crippen molar-refractivity contribution >= 4 is 40.3 Å². The molecule has 158 valence electrons. The highest BCUT2D eigenvalue weighted by atomic mass is 35.5. The third-order valence-electron chi connectivity index (χ3n) is 6.05. The molecular weight excluding hydrogens is 422 g/mol. The molecule has 30 heavy (non-hydrogen) atoms. The van der Waals surface area contributed by atoms with Crippen LogP contribution in [0.2, 0.25) is 4.34 Å². The third kappa shape index (κ3) is 4.42. The van der Waals surface area contributed by atoms with Gasteiger partial charge in [-0.15, -0.1) is 11.3 Å². The molecule has 7 heteroatoms. The van der Waals surface area contributed by atoms with E-state index in [1.165, 1.54) is 11.3 Å². The molecule has 0 amide bonds. The summed E-state index contributed by atoms with van der Waals surface area (Å²) in [4.78, 5) is 41.1. The van der Waals surface area contributed by atoms with Crippen LogP contribution in [-0.2, 0) is 22.4 Å². The van der Waals surface area contributed by atoms with Crippen molar-refractivity contribution in [1.29, 1.82) is 0 Å². The van der Waals surface area contributed by atoms with Crippen molar-refractivity contribution < 1.29 is 19.1 Å². The van der Waals surface area contributed by atoms with E-state index in [0.717, 1.165) is 29.7 Å². The van der Waals surface area contributed by atoms with Crippen molar-refractivity contribution in [2.24, 2.45) is 5.41 Å². The lowest BCUT2D eigenvalue weighted by Crippen LogP contribution is -2.35. The van der Waals surface area contributed by atoms with Gasteiger partial charge in [0, 0.05) is 31.6 Å². The van der Waals surface area contributed by atoms with E-state index in [-0.39, 0.29) is 36.8 Å². The number of thiophene rings is 1. The van der Waals surface area contributed by atoms with Crippen molar-refractivity contribution in [1.82, 2.24) is 4.90 Å². The van der Waals surface area contributed by atoms with E-state index < -0.39 is 5.41 Å². The van der Waals surface area contributed by atoms with E-state index in [1.54, 1.807) is 12.1 Å². The van der Waals surface area contributed by atoms with Gasteiger partial charge in [-0.3, -0.25) is 19.3 Å². The van der Waals surface area contributed by atoms with Gasteiger partial charge in [0.1, 0.15) is 5.78 Å². The van der Waals surface area contributed by atoms with Gasteiger partial charge >= 0.3 is 0 Å². The van der Waals surface area contributed by atoms with Gasteiger partial charge in [-0.2, -0.15) is 0 Å². The molecule has 3 heterocycles. The number of ether oxygens (including phenoxy) is 1. The Morgan fingerprint density at radius 1 is 1.27 bits per heavy atom. The Kier molecular flexibility index (Phi) is 6.21. The van der Waals surface area contributed by atoms with Crippen LogP contribution in [-0.4, -0.2) is 55.6 Å². The van der Waals surface area contributed by atoms with Gasteiger partial charge in [0.05, 0.1) is 27.8 Å². The van der Waals surface area contributed by atoms with Crippen LogP contribution in [0.15, 0.2) is 30.3 Å². The molecule has 0 N–H and O–H groups in total. The minimum absolute atomic E-state index is 0.0213. The van der Waals surface area contributed by atoms with Crippen LogP contribution in [0.3, 0.4) is 0 Å². The molecule has 1 aromatic carbocycles. The Morgan fingerprint density at radius 3 is 2.80 bits per heavy atom. The number of nitrogens with zero attached hydrogens (tertiary/aromatic N) is 1. The Morgan fingerprint density at radius 2 is 2.10 bits per heavy atom. The van der Waals surface area contributed by atoms with Gasteiger partial charge in [-0.05, 0) is 43.1 Å². The highest BCUT2D eigenvalue weighted by Gasteiger charge is 2.43. The third-order valence-corrected chi connectivity index (χ3v) is 7.33. The van der Waals surface area contributed by atoms with Crippen molar-refractivity contribution in [2.75, 3.05) is 33.4 Å². The lowest BCUT2D eigenvalue weighted by molar-refractivity contribution is -0.128. The Labute approximate surface area is 185 Å². The van der Waals surface area contributed by atoms with E-state index in [2.05, 4.69) is 0 Å². The van der Waals surface area contributed by atoms with E-state index in [1.807, 2.05) is 30.1 Å². The Balaban J connectivity index is 1.52. The molecule has 1 atom stereocenters. The van der Waals surface area contributed by atoms with Crippen LogP contribution in [0, 0.1) is 5.41 Å². The van der Waals surface area contributed by atoms with Crippen LogP contribution in [0.4, 0.5) is 0 Å². The van der Waals surface area contributed by atoms with E-state index >= 15 is 0 Å². The van der Waals surface area contributed by atoms with Crippen LogP contribution in [0.5, 0.6) is 0 Å². The van der Waals surface area contributed by atoms with Crippen LogP contribution >= 0.6 is 22.9 Å². The molecule has 0 saturated carbocycles. The first-order valence-electron chi connectivity index (χ1n) is 10.1. The number of carbonyl (C=O) groups excluding carboxylic acids is 3. The van der Waals surface area contributed by atoms with Gasteiger partial charge in [-0.25, -0.2) is 0 Å². The fourth-order valence-electron chi connectivity index (χ4n) is 4.25. The van der Waals surface area contributed by atoms with Gasteiger partial charge in [0.25, 0.3) is 0 Å². The SMILES string of the molecule is CN1CCc2cc(CC(=O)C3(CC(=O)c4ccc(Cl)s4)CCOC3)ccc2C(=O)C1. The molecule has 0 bridgehead atoms. The molecule has 2 aliphatic rings. The molecule has 1 unspecified atom stereocenters. The monoisotopic (exact) mass is 445 g/mol. The first kappa shape index (κ1) is 21.4. The topological polar surface area (TPSA) is 63.7 Å². The lowest BCUT2D eigenvalue weighted by atomic mass is 9.76. The second-order valence-corrected chi connectivity index (χ2v) is 10.0. The number of fused-ring (bicyclic) bond motifs is 1. The zero-order valence-corrected chi connectivity index (χ0v) is 18.5. The summed E-state index contributed by atoms with van der Waals surface area (Å²) < 4.78 is 6.11. The molecule has 1 fully saturated rings. The molecule has 0 spiro atoms. The summed E-state index contributed by atoms with van der Waals surface area (Å²) in [5.74, 6) is 0.0677. The summed E-state index contributed by atoms with van der Waals surface area (Å²) in [7, 11) is 1.94. The zero-order valence-electron chi connectivity index (χ0n) is 16.9. The van der Waals surface area contributed by atoms with Crippen molar-refractivity contribution in [2.45, 2.75) is 25.7 Å². The largest absolute Gasteiger partial charge is 0.380 e. The van der Waals surface area contributed by atoms with Crippen molar-refractivity contribution in [3.05, 3.63) is 56.2 Å². The fraction of sp³-hybridized carbons (Fsp3) is 0.435. The number of rotatable bonds is 6. The maximum Gasteiger partial charge on any atom is 0.177 e. The summed E-state index contributed by atoms with van der Waals surface area (Å²) in [6, 6.07) is 9.10. The van der Waals surface area contributed by atoms with E-state index in [9.17, 15) is 14.4 Å². The maximum atomic E-state index is 13.3. The molecule has 0 aliphatic carbocycles. The number of hydrogen-bond donors (Lipinski definition) is 0. The quantitative estimate of drug-likeness (QED) is 0.632. The second kappa shape index (κ2) is 8.71. The number of ketones is 3. The molecule has 1 saturated heterocycles. The normalized spacial score (nSPS) is 22.0. The summed E-state index contributed by atoms with van der Waals surface area (Å²) in [5.41, 5.74) is 1.83. The van der Waals surface area contributed by atoms with Crippen LogP contribution in [0.1, 0.15) is 44.0 Å². The second-order valence-electron chi connectivity index (χ2n) is 8.29. The number of hydrogen-bond acceptors (Lipinski definition) is 6. The van der Waals surface area contributed by atoms with Crippen LogP contribution in [0.25, 0.3) is 0 Å². The van der Waals surface area contributed by atoms with Crippen LogP contribution < -0.4 is 0 Å². The lowest BCUT2D eigenvalue weighted by Gasteiger charge is -2.25. The number of benzene rings is 1. The highest BCUT2D eigenvalue weighted by molar-refractivity contribution is 7.18. The maximum absolute atomic E-state index is 13.3. The molecule has 1 aromatic heterocycles. The number of likely N-dealkylation sites (N-methyl/N-ethyl adjacent to an activating group) is 1. The molecule has 4 rings (SSSR count). The summed E-state index contributed by atoms with van der Waals surface area (Å²) in [5, 5.41) is 0. The zero-order chi connectivity index (χ0) is 21.3.